The Morgan fingerprint density at radius 1 is 1.17 bits per heavy atom. The van der Waals surface area contributed by atoms with Crippen molar-refractivity contribution in [3.63, 3.8) is 0 Å². The van der Waals surface area contributed by atoms with Crippen molar-refractivity contribution in [3.8, 4) is 5.75 Å². The Balaban J connectivity index is 1.62. The van der Waals surface area contributed by atoms with E-state index in [0.29, 0.717) is 29.6 Å². The summed E-state index contributed by atoms with van der Waals surface area (Å²) >= 11 is 3.44. The highest BCUT2D eigenvalue weighted by molar-refractivity contribution is 9.10. The van der Waals surface area contributed by atoms with Gasteiger partial charge in [0.1, 0.15) is 5.75 Å². The molecule has 2 amide bonds. The number of carbonyl (C=O) groups is 2. The lowest BCUT2D eigenvalue weighted by atomic mass is 9.68. The molecule has 0 unspecified atom stereocenters. The standard InChI is InChI=1S/C31H37BBrNO8/c1-3-5-18(12-19-13-22(33)9-11-26(19)36)8-10-27(37)28-20(17-42-2)14-24-29(25(28)16-35)31(39)34(30(24)38)23-7-4-6-21(15-23)32(40)41/h4,6-7,9,11-13,15,24-25,27,29,35-37,40-41H,3,5,8,10,14,16-17H2,1-2H3/b18-12+/t24-,25+,27-,29-/m1/s1. The minimum Gasteiger partial charge on any atom is -0.507 e. The van der Waals surface area contributed by atoms with E-state index in [0.717, 1.165) is 27.8 Å². The van der Waals surface area contributed by atoms with E-state index in [-0.39, 0.29) is 29.9 Å². The number of fused-ring (bicyclic) bond motifs is 1. The fourth-order valence-electron chi connectivity index (χ4n) is 6.27. The first-order valence-electron chi connectivity index (χ1n) is 14.1. The third kappa shape index (κ3) is 6.72. The number of phenolic OH excluding ortho intramolecular Hbond substituents is 1. The molecule has 4 atom stereocenters. The molecule has 1 saturated heterocycles. The average molecular weight is 642 g/mol. The Hall–Kier alpha value is -2.80. The molecule has 4 rings (SSSR count). The van der Waals surface area contributed by atoms with E-state index in [9.17, 15) is 35.0 Å². The predicted octanol–water partition coefficient (Wildman–Crippen LogP) is 2.92. The molecule has 1 heterocycles. The van der Waals surface area contributed by atoms with Gasteiger partial charge in [0.25, 0.3) is 0 Å². The normalized spacial score (nSPS) is 21.6. The summed E-state index contributed by atoms with van der Waals surface area (Å²) in [5.41, 5.74) is 3.30. The second-order valence-electron chi connectivity index (χ2n) is 10.9. The number of phenols is 1. The molecule has 0 radical (unpaired) electrons. The van der Waals surface area contributed by atoms with Gasteiger partial charge >= 0.3 is 7.12 Å². The Bertz CT molecular complexity index is 1380. The van der Waals surface area contributed by atoms with Crippen LogP contribution in [0, 0.1) is 17.8 Å². The largest absolute Gasteiger partial charge is 0.507 e. The van der Waals surface area contributed by atoms with Gasteiger partial charge in [0.05, 0.1) is 36.8 Å². The van der Waals surface area contributed by atoms with Crippen molar-refractivity contribution >= 4 is 52.1 Å². The fourth-order valence-corrected chi connectivity index (χ4v) is 6.65. The van der Waals surface area contributed by atoms with Gasteiger partial charge in [0.15, 0.2) is 0 Å². The maximum Gasteiger partial charge on any atom is 0.488 e. The highest BCUT2D eigenvalue weighted by atomic mass is 79.9. The van der Waals surface area contributed by atoms with Gasteiger partial charge in [0, 0.05) is 23.1 Å². The number of aliphatic hydroxyl groups excluding tert-OH is 2. The fraction of sp³-hybridized carbons (Fsp3) is 0.419. The molecular weight excluding hydrogens is 605 g/mol. The van der Waals surface area contributed by atoms with Gasteiger partial charge in [-0.05, 0) is 72.6 Å². The second kappa shape index (κ2) is 14.1. The summed E-state index contributed by atoms with van der Waals surface area (Å²) in [6.45, 7) is 1.76. The zero-order chi connectivity index (χ0) is 30.6. The average Bonchev–Trinajstić information content (AvgIpc) is 3.21. The van der Waals surface area contributed by atoms with Gasteiger partial charge < -0.3 is 30.1 Å². The monoisotopic (exact) mass is 641 g/mol. The lowest BCUT2D eigenvalue weighted by Crippen LogP contribution is -2.40. The highest BCUT2D eigenvalue weighted by Crippen LogP contribution is 2.47. The Labute approximate surface area is 254 Å². The Kier molecular flexibility index (Phi) is 10.8. The SMILES string of the molecule is CCC/C(=C\c1cc(Br)ccc1O)CC[C@@H](O)C1=C(COC)C[C@H]2C(=O)N(c3cccc(B(O)O)c3)C(=O)[C@H]2[C@H]1CO. The van der Waals surface area contributed by atoms with Crippen LogP contribution in [0.15, 0.2) is 63.7 Å². The van der Waals surface area contributed by atoms with Crippen LogP contribution in [-0.2, 0) is 14.3 Å². The minimum atomic E-state index is -1.76. The molecule has 0 aromatic heterocycles. The van der Waals surface area contributed by atoms with E-state index in [1.165, 1.54) is 25.3 Å². The summed E-state index contributed by atoms with van der Waals surface area (Å²) in [5.74, 6) is -3.18. The van der Waals surface area contributed by atoms with Crippen LogP contribution in [0.2, 0.25) is 0 Å². The molecule has 11 heteroatoms. The number of carbonyl (C=O) groups excluding carboxylic acids is 2. The Morgan fingerprint density at radius 3 is 2.60 bits per heavy atom. The van der Waals surface area contributed by atoms with Crippen molar-refractivity contribution in [3.05, 3.63) is 69.2 Å². The number of rotatable bonds is 12. The first-order chi connectivity index (χ1) is 20.1. The molecule has 9 nitrogen and oxygen atoms in total. The van der Waals surface area contributed by atoms with Crippen molar-refractivity contribution in [1.82, 2.24) is 0 Å². The Morgan fingerprint density at radius 2 is 1.93 bits per heavy atom. The lowest BCUT2D eigenvalue weighted by Gasteiger charge is -2.36. The molecule has 1 aliphatic heterocycles. The molecule has 1 aliphatic carbocycles. The molecule has 2 aromatic rings. The van der Waals surface area contributed by atoms with Crippen LogP contribution in [0.3, 0.4) is 0 Å². The number of benzene rings is 2. The van der Waals surface area contributed by atoms with E-state index in [2.05, 4.69) is 22.9 Å². The summed E-state index contributed by atoms with van der Waals surface area (Å²) in [5, 5.41) is 51.6. The number of methoxy groups -OCH3 is 1. The highest BCUT2D eigenvalue weighted by Gasteiger charge is 2.55. The van der Waals surface area contributed by atoms with Crippen LogP contribution in [0.5, 0.6) is 5.75 Å². The zero-order valence-electron chi connectivity index (χ0n) is 23.7. The van der Waals surface area contributed by atoms with Gasteiger partial charge in [-0.2, -0.15) is 0 Å². The van der Waals surface area contributed by atoms with Gasteiger partial charge in [-0.25, -0.2) is 0 Å². The molecular formula is C31H37BBrNO8. The van der Waals surface area contributed by atoms with E-state index in [1.54, 1.807) is 18.2 Å². The summed E-state index contributed by atoms with van der Waals surface area (Å²) in [6, 6.07) is 11.2. The molecule has 42 heavy (non-hydrogen) atoms. The number of anilines is 1. The third-order valence-corrected chi connectivity index (χ3v) is 8.64. The minimum absolute atomic E-state index is 0.142. The smallest absolute Gasteiger partial charge is 0.488 e. The molecule has 0 saturated carbocycles. The van der Waals surface area contributed by atoms with Crippen molar-refractivity contribution < 1.29 is 39.7 Å². The van der Waals surface area contributed by atoms with E-state index in [4.69, 9.17) is 4.74 Å². The van der Waals surface area contributed by atoms with E-state index >= 15 is 0 Å². The zero-order valence-corrected chi connectivity index (χ0v) is 25.3. The summed E-state index contributed by atoms with van der Waals surface area (Å²) in [4.78, 5) is 28.4. The molecule has 0 bridgehead atoms. The van der Waals surface area contributed by atoms with Gasteiger partial charge in [-0.3, -0.25) is 14.5 Å². The molecule has 2 aromatic carbocycles. The lowest BCUT2D eigenvalue weighted by molar-refractivity contribution is -0.123. The topological polar surface area (TPSA) is 148 Å². The third-order valence-electron chi connectivity index (χ3n) is 8.14. The number of halogens is 1. The molecule has 224 valence electrons. The number of nitrogens with zero attached hydrogens (tertiary/aromatic N) is 1. The van der Waals surface area contributed by atoms with Crippen LogP contribution in [0.4, 0.5) is 5.69 Å². The van der Waals surface area contributed by atoms with Crippen LogP contribution < -0.4 is 10.4 Å². The number of hydrogen-bond donors (Lipinski definition) is 5. The van der Waals surface area contributed by atoms with E-state index < -0.39 is 49.4 Å². The van der Waals surface area contributed by atoms with Gasteiger partial charge in [0.2, 0.25) is 11.8 Å². The van der Waals surface area contributed by atoms with Crippen LogP contribution in [0.1, 0.15) is 44.6 Å². The number of ether oxygens (including phenoxy) is 1. The first-order valence-corrected chi connectivity index (χ1v) is 14.9. The maximum atomic E-state index is 13.7. The number of allylic oxidation sites excluding steroid dienone is 1. The summed E-state index contributed by atoms with van der Waals surface area (Å²) < 4.78 is 6.26. The van der Waals surface area contributed by atoms with Crippen molar-refractivity contribution in [2.75, 3.05) is 25.2 Å². The molecule has 5 N–H and O–H groups in total. The van der Waals surface area contributed by atoms with Gasteiger partial charge in [-0.15, -0.1) is 0 Å². The van der Waals surface area contributed by atoms with Gasteiger partial charge in [-0.1, -0.05) is 53.1 Å². The quantitative estimate of drug-likeness (QED) is 0.135. The second-order valence-corrected chi connectivity index (χ2v) is 11.8. The van der Waals surface area contributed by atoms with E-state index in [1.807, 2.05) is 12.1 Å². The molecule has 1 fully saturated rings. The number of aliphatic hydroxyl groups is 2. The van der Waals surface area contributed by atoms with Crippen LogP contribution in [0.25, 0.3) is 6.08 Å². The summed E-state index contributed by atoms with van der Waals surface area (Å²) in [6.07, 6.45) is 3.61. The predicted molar refractivity (Wildman–Crippen MR) is 164 cm³/mol. The van der Waals surface area contributed by atoms with Crippen molar-refractivity contribution in [2.24, 2.45) is 17.8 Å². The van der Waals surface area contributed by atoms with Crippen molar-refractivity contribution in [1.29, 1.82) is 0 Å². The number of amides is 2. The number of aromatic hydroxyl groups is 1. The molecule has 0 spiro atoms. The number of imide groups is 1. The molecule has 2 aliphatic rings. The first kappa shape index (κ1) is 32.1. The maximum absolute atomic E-state index is 13.7. The van der Waals surface area contributed by atoms with Crippen LogP contribution in [-0.4, -0.2) is 70.7 Å². The van der Waals surface area contributed by atoms with Crippen LogP contribution >= 0.6 is 15.9 Å². The number of hydrogen-bond acceptors (Lipinski definition) is 8. The summed E-state index contributed by atoms with van der Waals surface area (Å²) in [7, 11) is -0.246. The van der Waals surface area contributed by atoms with Crippen molar-refractivity contribution in [2.45, 2.75) is 45.1 Å².